The number of hydrogen-bond donors (Lipinski definition) is 2. The van der Waals surface area contributed by atoms with Crippen molar-refractivity contribution in [3.05, 3.63) is 79.0 Å². The molecule has 0 saturated heterocycles. The summed E-state index contributed by atoms with van der Waals surface area (Å²) in [6.45, 7) is 0. The summed E-state index contributed by atoms with van der Waals surface area (Å²) in [5.74, 6) is 0. The van der Waals surface area contributed by atoms with Crippen LogP contribution in [-0.2, 0) is 10.0 Å². The number of aromatic amines is 1. The van der Waals surface area contributed by atoms with Crippen LogP contribution in [0.15, 0.2) is 83.9 Å². The Bertz CT molecular complexity index is 1120. The second-order valence-electron chi connectivity index (χ2n) is 5.67. The van der Waals surface area contributed by atoms with E-state index in [1.165, 1.54) is 0 Å². The standard InChI is InChI=1S/C19H15N3O2S/c23-25(24,22-17-9-6-16-13-20-21-19(16)12-17)18-10-7-15(8-11-18)14-4-2-1-3-5-14/h1-13,22H,(H,20,21). The van der Waals surface area contributed by atoms with Gasteiger partial charge in [0, 0.05) is 5.39 Å². The fraction of sp³-hybridized carbons (Fsp3) is 0. The topological polar surface area (TPSA) is 74.8 Å². The van der Waals surface area contributed by atoms with Gasteiger partial charge in [0.25, 0.3) is 10.0 Å². The molecule has 0 aliphatic rings. The third kappa shape index (κ3) is 3.12. The van der Waals surface area contributed by atoms with Crippen LogP contribution in [-0.4, -0.2) is 18.6 Å². The number of nitrogens with one attached hydrogen (secondary N) is 2. The molecule has 0 radical (unpaired) electrons. The highest BCUT2D eigenvalue weighted by Crippen LogP contribution is 2.23. The second-order valence-corrected chi connectivity index (χ2v) is 7.35. The molecule has 0 aliphatic heterocycles. The van der Waals surface area contributed by atoms with Gasteiger partial charge in [-0.2, -0.15) is 5.10 Å². The lowest BCUT2D eigenvalue weighted by Crippen LogP contribution is -2.12. The maximum atomic E-state index is 12.6. The third-order valence-corrected chi connectivity index (χ3v) is 5.36. The Hall–Kier alpha value is -3.12. The van der Waals surface area contributed by atoms with E-state index in [0.29, 0.717) is 5.69 Å². The Labute approximate surface area is 145 Å². The summed E-state index contributed by atoms with van der Waals surface area (Å²) < 4.78 is 27.8. The van der Waals surface area contributed by atoms with Gasteiger partial charge in [-0.05, 0) is 41.5 Å². The summed E-state index contributed by atoms with van der Waals surface area (Å²) in [6.07, 6.45) is 1.69. The van der Waals surface area contributed by atoms with E-state index >= 15 is 0 Å². The van der Waals surface area contributed by atoms with Crippen molar-refractivity contribution in [1.29, 1.82) is 0 Å². The molecule has 124 valence electrons. The van der Waals surface area contributed by atoms with Crippen molar-refractivity contribution in [2.45, 2.75) is 4.90 Å². The minimum absolute atomic E-state index is 0.219. The molecule has 0 bridgehead atoms. The number of aromatic nitrogens is 2. The van der Waals surface area contributed by atoms with Gasteiger partial charge < -0.3 is 0 Å². The zero-order valence-corrected chi connectivity index (χ0v) is 14.0. The molecule has 4 rings (SSSR count). The van der Waals surface area contributed by atoms with Crippen molar-refractivity contribution in [2.75, 3.05) is 4.72 Å². The van der Waals surface area contributed by atoms with E-state index in [-0.39, 0.29) is 4.90 Å². The second kappa shape index (κ2) is 6.07. The number of anilines is 1. The smallest absolute Gasteiger partial charge is 0.261 e. The Balaban J connectivity index is 1.61. The van der Waals surface area contributed by atoms with Crippen LogP contribution in [0.25, 0.3) is 22.0 Å². The van der Waals surface area contributed by atoms with Crippen molar-refractivity contribution in [3.8, 4) is 11.1 Å². The number of fused-ring (bicyclic) bond motifs is 1. The lowest BCUT2D eigenvalue weighted by Gasteiger charge is -2.09. The summed E-state index contributed by atoms with van der Waals surface area (Å²) in [4.78, 5) is 0.219. The molecule has 0 spiro atoms. The highest BCUT2D eigenvalue weighted by Gasteiger charge is 2.14. The summed E-state index contributed by atoms with van der Waals surface area (Å²) in [5.41, 5.74) is 3.28. The number of benzene rings is 3. The number of sulfonamides is 1. The zero-order valence-electron chi connectivity index (χ0n) is 13.2. The molecular formula is C19H15N3O2S. The fourth-order valence-electron chi connectivity index (χ4n) is 2.67. The van der Waals surface area contributed by atoms with Crippen LogP contribution in [0.1, 0.15) is 0 Å². The van der Waals surface area contributed by atoms with Crippen LogP contribution in [0.2, 0.25) is 0 Å². The Morgan fingerprint density at radius 3 is 2.32 bits per heavy atom. The molecule has 25 heavy (non-hydrogen) atoms. The number of nitrogens with zero attached hydrogens (tertiary/aromatic N) is 1. The molecule has 0 atom stereocenters. The van der Waals surface area contributed by atoms with Crippen molar-refractivity contribution in [2.24, 2.45) is 0 Å². The molecule has 0 saturated carbocycles. The summed E-state index contributed by atoms with van der Waals surface area (Å²) in [5, 5.41) is 7.69. The molecule has 1 aromatic heterocycles. The van der Waals surface area contributed by atoms with E-state index in [4.69, 9.17) is 0 Å². The minimum atomic E-state index is -3.65. The Kier molecular flexibility index (Phi) is 3.74. The first kappa shape index (κ1) is 15.4. The van der Waals surface area contributed by atoms with Crippen LogP contribution in [0, 0.1) is 0 Å². The highest BCUT2D eigenvalue weighted by molar-refractivity contribution is 7.92. The summed E-state index contributed by atoms with van der Waals surface area (Å²) >= 11 is 0. The maximum Gasteiger partial charge on any atom is 0.261 e. The minimum Gasteiger partial charge on any atom is -0.280 e. The van der Waals surface area contributed by atoms with Crippen LogP contribution >= 0.6 is 0 Å². The largest absolute Gasteiger partial charge is 0.280 e. The van der Waals surface area contributed by atoms with Crippen molar-refractivity contribution >= 4 is 26.6 Å². The molecule has 0 fully saturated rings. The predicted molar refractivity (Wildman–Crippen MR) is 98.8 cm³/mol. The first-order chi connectivity index (χ1) is 12.1. The van der Waals surface area contributed by atoms with Gasteiger partial charge in [-0.3, -0.25) is 9.82 Å². The number of rotatable bonds is 4. The fourth-order valence-corrected chi connectivity index (χ4v) is 3.72. The molecule has 0 amide bonds. The molecule has 0 aliphatic carbocycles. The van der Waals surface area contributed by atoms with Gasteiger partial charge in [-0.25, -0.2) is 8.42 Å². The SMILES string of the molecule is O=S(=O)(Nc1ccc2cn[nH]c2c1)c1ccc(-c2ccccc2)cc1. The first-order valence-corrected chi connectivity index (χ1v) is 9.22. The quantitative estimate of drug-likeness (QED) is 0.584. The normalized spacial score (nSPS) is 11.5. The average molecular weight is 349 g/mol. The third-order valence-electron chi connectivity index (χ3n) is 3.97. The number of hydrogen-bond acceptors (Lipinski definition) is 3. The Morgan fingerprint density at radius 1 is 0.840 bits per heavy atom. The van der Waals surface area contributed by atoms with Crippen molar-refractivity contribution in [1.82, 2.24) is 10.2 Å². The highest BCUT2D eigenvalue weighted by atomic mass is 32.2. The van der Waals surface area contributed by atoms with Crippen molar-refractivity contribution in [3.63, 3.8) is 0 Å². The zero-order chi connectivity index (χ0) is 17.3. The molecule has 1 heterocycles. The Morgan fingerprint density at radius 2 is 1.56 bits per heavy atom. The summed E-state index contributed by atoms with van der Waals surface area (Å²) in [7, 11) is -3.65. The average Bonchev–Trinajstić information content (AvgIpc) is 3.10. The van der Waals surface area contributed by atoms with E-state index in [9.17, 15) is 8.42 Å². The molecular weight excluding hydrogens is 334 g/mol. The monoisotopic (exact) mass is 349 g/mol. The number of H-pyrrole nitrogens is 1. The van der Waals surface area contributed by atoms with Crippen LogP contribution in [0.5, 0.6) is 0 Å². The molecule has 3 aromatic carbocycles. The molecule has 6 heteroatoms. The van der Waals surface area contributed by atoms with E-state index in [0.717, 1.165) is 22.0 Å². The van der Waals surface area contributed by atoms with Gasteiger partial charge in [0.1, 0.15) is 0 Å². The lowest BCUT2D eigenvalue weighted by molar-refractivity contribution is 0.601. The predicted octanol–water partition coefficient (Wildman–Crippen LogP) is 4.03. The van der Waals surface area contributed by atoms with Crippen LogP contribution in [0.3, 0.4) is 0 Å². The molecule has 2 N–H and O–H groups in total. The van der Waals surface area contributed by atoms with E-state index < -0.39 is 10.0 Å². The molecule has 4 aromatic rings. The van der Waals surface area contributed by atoms with Crippen LogP contribution in [0.4, 0.5) is 5.69 Å². The molecule has 0 unspecified atom stereocenters. The van der Waals surface area contributed by atoms with Gasteiger partial charge in [0.15, 0.2) is 0 Å². The van der Waals surface area contributed by atoms with Gasteiger partial charge in [-0.1, -0.05) is 42.5 Å². The van der Waals surface area contributed by atoms with Gasteiger partial charge in [0.2, 0.25) is 0 Å². The van der Waals surface area contributed by atoms with E-state index in [1.807, 2.05) is 48.5 Å². The lowest BCUT2D eigenvalue weighted by atomic mass is 10.1. The van der Waals surface area contributed by atoms with E-state index in [1.54, 1.807) is 30.5 Å². The van der Waals surface area contributed by atoms with Crippen molar-refractivity contribution < 1.29 is 8.42 Å². The van der Waals surface area contributed by atoms with E-state index in [2.05, 4.69) is 14.9 Å². The van der Waals surface area contributed by atoms with Crippen LogP contribution < -0.4 is 4.72 Å². The van der Waals surface area contributed by atoms with Gasteiger partial charge in [0.05, 0.1) is 22.3 Å². The summed E-state index contributed by atoms with van der Waals surface area (Å²) in [6, 6.07) is 21.9. The van der Waals surface area contributed by atoms with Gasteiger partial charge >= 0.3 is 0 Å². The maximum absolute atomic E-state index is 12.6. The van der Waals surface area contributed by atoms with Gasteiger partial charge in [-0.15, -0.1) is 0 Å². The molecule has 5 nitrogen and oxygen atoms in total. The first-order valence-electron chi connectivity index (χ1n) is 7.73.